The Hall–Kier alpha value is -0.810. The van der Waals surface area contributed by atoms with Crippen LogP contribution in [0.4, 0.5) is 11.5 Å². The predicted octanol–water partition coefficient (Wildman–Crippen LogP) is 1.94. The standard InChI is InChI=1S/C11H18BrN3O/c1-7-8(13)5-14-10(9(7)12)15(4)6-11(2,3)16/h5,16H,6,13H2,1-4H3. The van der Waals surface area contributed by atoms with Crippen molar-refractivity contribution in [2.45, 2.75) is 26.4 Å². The largest absolute Gasteiger partial charge is 0.397 e. The van der Waals surface area contributed by atoms with Gasteiger partial charge in [0, 0.05) is 13.6 Å². The molecule has 0 saturated heterocycles. The number of likely N-dealkylation sites (N-methyl/N-ethyl adjacent to an activating group) is 1. The zero-order valence-corrected chi connectivity index (χ0v) is 11.7. The van der Waals surface area contributed by atoms with E-state index in [1.807, 2.05) is 18.9 Å². The molecule has 1 aromatic heterocycles. The minimum Gasteiger partial charge on any atom is -0.397 e. The third kappa shape index (κ3) is 3.09. The molecule has 0 unspecified atom stereocenters. The molecular weight excluding hydrogens is 270 g/mol. The van der Waals surface area contributed by atoms with E-state index in [0.29, 0.717) is 12.2 Å². The Morgan fingerprint density at radius 2 is 2.12 bits per heavy atom. The number of nitrogens with two attached hydrogens (primary N) is 1. The lowest BCUT2D eigenvalue weighted by Crippen LogP contribution is -2.36. The van der Waals surface area contributed by atoms with Gasteiger partial charge < -0.3 is 15.7 Å². The number of anilines is 2. The molecule has 16 heavy (non-hydrogen) atoms. The van der Waals surface area contributed by atoms with Crippen molar-refractivity contribution >= 4 is 27.4 Å². The molecule has 0 aromatic carbocycles. The molecule has 0 saturated carbocycles. The van der Waals surface area contributed by atoms with Crippen LogP contribution in [-0.2, 0) is 0 Å². The van der Waals surface area contributed by atoms with E-state index in [1.165, 1.54) is 0 Å². The summed E-state index contributed by atoms with van der Waals surface area (Å²) in [4.78, 5) is 6.16. The first-order chi connectivity index (χ1) is 7.22. The van der Waals surface area contributed by atoms with Gasteiger partial charge in [-0.2, -0.15) is 0 Å². The van der Waals surface area contributed by atoms with Crippen molar-refractivity contribution in [3.05, 3.63) is 16.2 Å². The number of halogens is 1. The van der Waals surface area contributed by atoms with E-state index in [2.05, 4.69) is 20.9 Å². The summed E-state index contributed by atoms with van der Waals surface area (Å²) in [5.74, 6) is 0.786. The summed E-state index contributed by atoms with van der Waals surface area (Å²) in [7, 11) is 1.89. The van der Waals surface area contributed by atoms with Gasteiger partial charge in [0.15, 0.2) is 0 Å². The Balaban J connectivity index is 3.01. The number of rotatable bonds is 3. The number of aliphatic hydroxyl groups is 1. The van der Waals surface area contributed by atoms with Gasteiger partial charge in [0.1, 0.15) is 5.82 Å². The smallest absolute Gasteiger partial charge is 0.143 e. The fraction of sp³-hybridized carbons (Fsp3) is 0.545. The molecule has 0 spiro atoms. The second-order valence-electron chi connectivity index (χ2n) is 4.64. The molecule has 5 heteroatoms. The molecule has 0 radical (unpaired) electrons. The molecule has 1 heterocycles. The van der Waals surface area contributed by atoms with Crippen LogP contribution in [-0.4, -0.2) is 29.3 Å². The highest BCUT2D eigenvalue weighted by Crippen LogP contribution is 2.30. The number of nitrogens with zero attached hydrogens (tertiary/aromatic N) is 2. The Morgan fingerprint density at radius 3 is 2.62 bits per heavy atom. The molecule has 0 amide bonds. The second-order valence-corrected chi connectivity index (χ2v) is 5.44. The van der Waals surface area contributed by atoms with Gasteiger partial charge >= 0.3 is 0 Å². The zero-order chi connectivity index (χ0) is 12.5. The van der Waals surface area contributed by atoms with Crippen molar-refractivity contribution in [1.82, 2.24) is 4.98 Å². The van der Waals surface area contributed by atoms with Crippen LogP contribution in [0.3, 0.4) is 0 Å². The number of pyridine rings is 1. The van der Waals surface area contributed by atoms with Gasteiger partial charge in [-0.1, -0.05) is 0 Å². The first kappa shape index (κ1) is 13.3. The van der Waals surface area contributed by atoms with Crippen molar-refractivity contribution in [3.63, 3.8) is 0 Å². The van der Waals surface area contributed by atoms with Gasteiger partial charge in [-0.15, -0.1) is 0 Å². The lowest BCUT2D eigenvalue weighted by Gasteiger charge is -2.27. The summed E-state index contributed by atoms with van der Waals surface area (Å²) < 4.78 is 0.874. The van der Waals surface area contributed by atoms with Gasteiger partial charge in [-0.3, -0.25) is 0 Å². The van der Waals surface area contributed by atoms with Crippen molar-refractivity contribution in [2.75, 3.05) is 24.2 Å². The van der Waals surface area contributed by atoms with Crippen LogP contribution in [0.1, 0.15) is 19.4 Å². The number of nitrogen functional groups attached to an aromatic ring is 1. The van der Waals surface area contributed by atoms with Gasteiger partial charge in [-0.25, -0.2) is 4.98 Å². The topological polar surface area (TPSA) is 62.4 Å². The summed E-state index contributed by atoms with van der Waals surface area (Å²) in [6.07, 6.45) is 1.64. The highest BCUT2D eigenvalue weighted by molar-refractivity contribution is 9.10. The van der Waals surface area contributed by atoms with Crippen LogP contribution in [0.2, 0.25) is 0 Å². The Morgan fingerprint density at radius 1 is 1.56 bits per heavy atom. The normalized spacial score (nSPS) is 11.6. The maximum atomic E-state index is 9.75. The van der Waals surface area contributed by atoms with Crippen LogP contribution in [0, 0.1) is 6.92 Å². The van der Waals surface area contributed by atoms with E-state index >= 15 is 0 Å². The molecule has 4 nitrogen and oxygen atoms in total. The molecule has 3 N–H and O–H groups in total. The predicted molar refractivity (Wildman–Crippen MR) is 70.7 cm³/mol. The van der Waals surface area contributed by atoms with Crippen molar-refractivity contribution in [3.8, 4) is 0 Å². The first-order valence-corrected chi connectivity index (χ1v) is 5.86. The van der Waals surface area contributed by atoms with E-state index in [1.54, 1.807) is 20.0 Å². The number of hydrogen-bond donors (Lipinski definition) is 2. The van der Waals surface area contributed by atoms with Crippen molar-refractivity contribution in [2.24, 2.45) is 0 Å². The second kappa shape index (κ2) is 4.59. The van der Waals surface area contributed by atoms with Crippen molar-refractivity contribution < 1.29 is 5.11 Å². The number of hydrogen-bond acceptors (Lipinski definition) is 4. The summed E-state index contributed by atoms with van der Waals surface area (Å²) in [6.45, 7) is 5.97. The monoisotopic (exact) mass is 287 g/mol. The van der Waals surface area contributed by atoms with E-state index in [-0.39, 0.29) is 0 Å². The highest BCUT2D eigenvalue weighted by atomic mass is 79.9. The highest BCUT2D eigenvalue weighted by Gasteiger charge is 2.19. The van der Waals surface area contributed by atoms with E-state index in [9.17, 15) is 5.11 Å². The lowest BCUT2D eigenvalue weighted by atomic mass is 10.1. The van der Waals surface area contributed by atoms with E-state index < -0.39 is 5.60 Å². The van der Waals surface area contributed by atoms with Gasteiger partial charge in [-0.05, 0) is 42.3 Å². The maximum absolute atomic E-state index is 9.75. The molecule has 0 aliphatic carbocycles. The molecule has 0 atom stereocenters. The van der Waals surface area contributed by atoms with Gasteiger partial charge in [0.25, 0.3) is 0 Å². The van der Waals surface area contributed by atoms with E-state index in [4.69, 9.17) is 5.73 Å². The molecule has 0 aliphatic rings. The van der Waals surface area contributed by atoms with Crippen LogP contribution in [0.5, 0.6) is 0 Å². The zero-order valence-electron chi connectivity index (χ0n) is 10.1. The average Bonchev–Trinajstić information content (AvgIpc) is 2.11. The fourth-order valence-corrected chi connectivity index (χ4v) is 2.13. The summed E-state index contributed by atoms with van der Waals surface area (Å²) in [5.41, 5.74) is 6.62. The third-order valence-electron chi connectivity index (χ3n) is 2.27. The molecule has 0 aliphatic heterocycles. The van der Waals surface area contributed by atoms with Crippen LogP contribution in [0.25, 0.3) is 0 Å². The quantitative estimate of drug-likeness (QED) is 0.892. The van der Waals surface area contributed by atoms with Crippen LogP contribution in [0.15, 0.2) is 10.7 Å². The van der Waals surface area contributed by atoms with Gasteiger partial charge in [0.05, 0.1) is 22.0 Å². The molecule has 1 rings (SSSR count). The van der Waals surface area contributed by atoms with Crippen molar-refractivity contribution in [1.29, 1.82) is 0 Å². The van der Waals surface area contributed by atoms with E-state index in [0.717, 1.165) is 15.9 Å². The Labute approximate surface area is 105 Å². The number of aromatic nitrogens is 1. The van der Waals surface area contributed by atoms with Gasteiger partial charge in [0.2, 0.25) is 0 Å². The van der Waals surface area contributed by atoms with Crippen LogP contribution >= 0.6 is 15.9 Å². The summed E-state index contributed by atoms with van der Waals surface area (Å²) in [5, 5.41) is 9.75. The molecule has 0 bridgehead atoms. The minimum atomic E-state index is -0.759. The third-order valence-corrected chi connectivity index (χ3v) is 3.22. The van der Waals surface area contributed by atoms with Crippen LogP contribution < -0.4 is 10.6 Å². The maximum Gasteiger partial charge on any atom is 0.143 e. The average molecular weight is 288 g/mol. The summed E-state index contributed by atoms with van der Waals surface area (Å²) >= 11 is 3.47. The SMILES string of the molecule is Cc1c(N)cnc(N(C)CC(C)(C)O)c1Br. The Kier molecular flexibility index (Phi) is 3.80. The molecule has 1 aromatic rings. The molecular formula is C11H18BrN3O. The fourth-order valence-electron chi connectivity index (χ4n) is 1.50. The Bertz CT molecular complexity index is 388. The molecule has 90 valence electrons. The minimum absolute atomic E-state index is 0.502. The lowest BCUT2D eigenvalue weighted by molar-refractivity contribution is 0.0884. The summed E-state index contributed by atoms with van der Waals surface area (Å²) in [6, 6.07) is 0. The molecule has 0 fully saturated rings. The first-order valence-electron chi connectivity index (χ1n) is 5.06.